The van der Waals surface area contributed by atoms with E-state index >= 15 is 0 Å². The van der Waals surface area contributed by atoms with Gasteiger partial charge in [0, 0.05) is 52.0 Å². The Morgan fingerprint density at radius 3 is 2.10 bits per heavy atom. The van der Waals surface area contributed by atoms with Gasteiger partial charge in [-0.3, -0.25) is 14.5 Å². The third kappa shape index (κ3) is 6.23. The summed E-state index contributed by atoms with van der Waals surface area (Å²) in [7, 11) is 6.20. The monoisotopic (exact) mass is 409 g/mol. The molecule has 0 atom stereocenters. The van der Waals surface area contributed by atoms with Crippen molar-refractivity contribution in [2.24, 2.45) is 0 Å². The van der Waals surface area contributed by atoms with E-state index in [0.717, 1.165) is 6.42 Å². The van der Waals surface area contributed by atoms with Gasteiger partial charge in [0.25, 0.3) is 5.91 Å². The van der Waals surface area contributed by atoms with Crippen LogP contribution in [-0.2, 0) is 9.53 Å². The Morgan fingerprint density at radius 2 is 1.59 bits per heavy atom. The summed E-state index contributed by atoms with van der Waals surface area (Å²) in [6.45, 7) is 3.94. The number of carbonyl (C=O) groups excluding carboxylic acids is 2. The van der Waals surface area contributed by atoms with Gasteiger partial charge in [0.05, 0.1) is 27.9 Å². The highest BCUT2D eigenvalue weighted by Crippen LogP contribution is 2.38. The van der Waals surface area contributed by atoms with Crippen molar-refractivity contribution in [2.45, 2.75) is 6.42 Å². The van der Waals surface area contributed by atoms with E-state index in [0.29, 0.717) is 68.7 Å². The number of nitrogens with zero attached hydrogens (tertiary/aromatic N) is 2. The molecule has 2 rings (SSSR count). The van der Waals surface area contributed by atoms with Crippen LogP contribution in [0.2, 0.25) is 0 Å². The van der Waals surface area contributed by atoms with Gasteiger partial charge in [-0.1, -0.05) is 0 Å². The second-order valence-electron chi connectivity index (χ2n) is 6.68. The first kappa shape index (κ1) is 22.8. The zero-order valence-electron chi connectivity index (χ0n) is 17.7. The number of ether oxygens (including phenoxy) is 4. The second-order valence-corrected chi connectivity index (χ2v) is 6.68. The van der Waals surface area contributed by atoms with E-state index in [2.05, 4.69) is 5.32 Å². The number of rotatable bonds is 10. The molecule has 162 valence electrons. The van der Waals surface area contributed by atoms with Crippen molar-refractivity contribution in [1.82, 2.24) is 15.1 Å². The third-order valence-electron chi connectivity index (χ3n) is 4.79. The molecule has 0 spiro atoms. The van der Waals surface area contributed by atoms with Gasteiger partial charge >= 0.3 is 0 Å². The summed E-state index contributed by atoms with van der Waals surface area (Å²) in [6.07, 6.45) is 0.791. The molecule has 0 radical (unpaired) electrons. The topological polar surface area (TPSA) is 89.6 Å². The summed E-state index contributed by atoms with van der Waals surface area (Å²) in [5, 5.41) is 2.88. The normalized spacial score (nSPS) is 14.4. The van der Waals surface area contributed by atoms with Gasteiger partial charge < -0.3 is 29.2 Å². The molecule has 0 unspecified atom stereocenters. The van der Waals surface area contributed by atoms with Crippen LogP contribution in [0.25, 0.3) is 0 Å². The molecule has 29 heavy (non-hydrogen) atoms. The van der Waals surface area contributed by atoms with Gasteiger partial charge in [0.1, 0.15) is 0 Å². The van der Waals surface area contributed by atoms with Crippen LogP contribution in [0.4, 0.5) is 0 Å². The molecule has 0 aromatic heterocycles. The van der Waals surface area contributed by atoms with Crippen LogP contribution >= 0.6 is 0 Å². The Kier molecular flexibility index (Phi) is 9.01. The zero-order valence-corrected chi connectivity index (χ0v) is 17.7. The molecule has 1 aromatic rings. The predicted molar refractivity (Wildman–Crippen MR) is 108 cm³/mol. The number of piperazine rings is 1. The summed E-state index contributed by atoms with van der Waals surface area (Å²) in [5.41, 5.74) is 0.476. The Morgan fingerprint density at radius 1 is 0.966 bits per heavy atom. The molecule has 1 saturated heterocycles. The van der Waals surface area contributed by atoms with E-state index in [1.807, 2.05) is 4.90 Å². The SMILES string of the molecule is COCCCNC(=O)CN1CCN(C(=O)c2cc(OC)c(OC)c(OC)c2)CC1. The van der Waals surface area contributed by atoms with Crippen molar-refractivity contribution in [3.63, 3.8) is 0 Å². The van der Waals surface area contributed by atoms with Crippen molar-refractivity contribution in [3.8, 4) is 17.2 Å². The first-order chi connectivity index (χ1) is 14.0. The van der Waals surface area contributed by atoms with E-state index in [4.69, 9.17) is 18.9 Å². The standard InChI is InChI=1S/C20H31N3O6/c1-26-11-5-6-21-18(24)14-22-7-9-23(10-8-22)20(25)15-12-16(27-2)19(29-4)17(13-15)28-3/h12-13H,5-11,14H2,1-4H3,(H,21,24). The Labute approximate surface area is 171 Å². The van der Waals surface area contributed by atoms with Crippen molar-refractivity contribution in [1.29, 1.82) is 0 Å². The van der Waals surface area contributed by atoms with Gasteiger partial charge in [-0.2, -0.15) is 0 Å². The molecule has 1 aliphatic rings. The maximum Gasteiger partial charge on any atom is 0.254 e. The molecule has 0 bridgehead atoms. The molecule has 2 amide bonds. The van der Waals surface area contributed by atoms with Crippen LogP contribution < -0.4 is 19.5 Å². The fraction of sp³-hybridized carbons (Fsp3) is 0.600. The largest absolute Gasteiger partial charge is 0.493 e. The average Bonchev–Trinajstić information content (AvgIpc) is 2.75. The van der Waals surface area contributed by atoms with E-state index in [1.165, 1.54) is 21.3 Å². The quantitative estimate of drug-likeness (QED) is 0.567. The molecule has 9 nitrogen and oxygen atoms in total. The van der Waals surface area contributed by atoms with Gasteiger partial charge in [-0.05, 0) is 18.6 Å². The third-order valence-corrected chi connectivity index (χ3v) is 4.79. The fourth-order valence-electron chi connectivity index (χ4n) is 3.20. The minimum absolute atomic E-state index is 0.00879. The first-order valence-corrected chi connectivity index (χ1v) is 9.61. The number of nitrogens with one attached hydrogen (secondary N) is 1. The summed E-state index contributed by atoms with van der Waals surface area (Å²) in [4.78, 5) is 28.7. The molecule has 1 N–H and O–H groups in total. The number of amides is 2. The minimum atomic E-state index is -0.104. The molecular weight excluding hydrogens is 378 g/mol. The maximum absolute atomic E-state index is 12.9. The Balaban J connectivity index is 1.91. The molecule has 1 aromatic carbocycles. The van der Waals surface area contributed by atoms with Gasteiger partial charge in [-0.15, -0.1) is 0 Å². The van der Waals surface area contributed by atoms with E-state index in [-0.39, 0.29) is 11.8 Å². The second kappa shape index (κ2) is 11.5. The lowest BCUT2D eigenvalue weighted by Crippen LogP contribution is -2.51. The zero-order chi connectivity index (χ0) is 21.2. The van der Waals surface area contributed by atoms with Gasteiger partial charge in [0.15, 0.2) is 11.5 Å². The van der Waals surface area contributed by atoms with Crippen LogP contribution in [0.15, 0.2) is 12.1 Å². The molecule has 0 saturated carbocycles. The number of benzene rings is 1. The fourth-order valence-corrected chi connectivity index (χ4v) is 3.20. The minimum Gasteiger partial charge on any atom is -0.493 e. The molecule has 1 fully saturated rings. The van der Waals surface area contributed by atoms with Crippen molar-refractivity contribution in [3.05, 3.63) is 17.7 Å². The van der Waals surface area contributed by atoms with E-state index < -0.39 is 0 Å². The Bertz CT molecular complexity index is 664. The molecule has 0 aliphatic carbocycles. The van der Waals surface area contributed by atoms with Crippen molar-refractivity contribution in [2.75, 3.05) is 74.3 Å². The van der Waals surface area contributed by atoms with E-state index in [9.17, 15) is 9.59 Å². The average molecular weight is 409 g/mol. The highest BCUT2D eigenvalue weighted by atomic mass is 16.5. The maximum atomic E-state index is 12.9. The van der Waals surface area contributed by atoms with Crippen LogP contribution in [0, 0.1) is 0 Å². The molecule has 1 heterocycles. The Hall–Kier alpha value is -2.52. The predicted octanol–water partition coefficient (Wildman–Crippen LogP) is 0.623. The highest BCUT2D eigenvalue weighted by Gasteiger charge is 2.25. The summed E-state index contributed by atoms with van der Waals surface area (Å²) in [5.74, 6) is 1.23. The van der Waals surface area contributed by atoms with Gasteiger partial charge in [0.2, 0.25) is 11.7 Å². The van der Waals surface area contributed by atoms with Crippen LogP contribution in [0.1, 0.15) is 16.8 Å². The lowest BCUT2D eigenvalue weighted by atomic mass is 10.1. The van der Waals surface area contributed by atoms with Crippen molar-refractivity contribution < 1.29 is 28.5 Å². The van der Waals surface area contributed by atoms with E-state index in [1.54, 1.807) is 24.1 Å². The molecule has 9 heteroatoms. The lowest BCUT2D eigenvalue weighted by Gasteiger charge is -2.34. The molecular formula is C20H31N3O6. The van der Waals surface area contributed by atoms with Crippen molar-refractivity contribution >= 4 is 11.8 Å². The number of hydrogen-bond acceptors (Lipinski definition) is 7. The summed E-state index contributed by atoms with van der Waals surface area (Å²) in [6, 6.07) is 3.31. The lowest BCUT2D eigenvalue weighted by molar-refractivity contribution is -0.122. The van der Waals surface area contributed by atoms with Crippen LogP contribution in [0.3, 0.4) is 0 Å². The summed E-state index contributed by atoms with van der Waals surface area (Å²) >= 11 is 0. The first-order valence-electron chi connectivity index (χ1n) is 9.61. The summed E-state index contributed by atoms with van der Waals surface area (Å²) < 4.78 is 20.9. The van der Waals surface area contributed by atoms with Crippen LogP contribution in [-0.4, -0.2) is 95.9 Å². The highest BCUT2D eigenvalue weighted by molar-refractivity contribution is 5.95. The number of methoxy groups -OCH3 is 4. The smallest absolute Gasteiger partial charge is 0.254 e. The van der Waals surface area contributed by atoms with Crippen LogP contribution in [0.5, 0.6) is 17.2 Å². The number of hydrogen-bond donors (Lipinski definition) is 1. The molecule has 1 aliphatic heterocycles. The number of carbonyl (C=O) groups is 2. The van der Waals surface area contributed by atoms with Gasteiger partial charge in [-0.25, -0.2) is 0 Å².